The van der Waals surface area contributed by atoms with Gasteiger partial charge in [0.15, 0.2) is 0 Å². The molecule has 2 rings (SSSR count). The second-order valence-corrected chi connectivity index (χ2v) is 6.36. The van der Waals surface area contributed by atoms with Crippen LogP contribution in [0.2, 0.25) is 0 Å². The number of carboxylic acids is 1. The molecule has 0 saturated carbocycles. The largest absolute Gasteiger partial charge is 0.480 e. The summed E-state index contributed by atoms with van der Waals surface area (Å²) in [6.45, 7) is 0.264. The van der Waals surface area contributed by atoms with Gasteiger partial charge in [-0.3, -0.25) is 14.4 Å². The number of aliphatic carboxylic acids is 1. The van der Waals surface area contributed by atoms with Crippen molar-refractivity contribution in [1.29, 1.82) is 0 Å². The molecule has 1 atom stereocenters. The van der Waals surface area contributed by atoms with Gasteiger partial charge in [0.2, 0.25) is 11.8 Å². The second-order valence-electron chi connectivity index (χ2n) is 5.50. The molecule has 7 nitrogen and oxygen atoms in total. The van der Waals surface area contributed by atoms with E-state index in [-0.39, 0.29) is 37.9 Å². The Hall–Kier alpha value is -1.93. The summed E-state index contributed by atoms with van der Waals surface area (Å²) < 4.78 is 5.70. The summed E-state index contributed by atoms with van der Waals surface area (Å²) in [6, 6.07) is 7.29. The van der Waals surface area contributed by atoms with Gasteiger partial charge in [-0.15, -0.1) is 0 Å². The molecule has 1 aromatic rings. The third-order valence-electron chi connectivity index (χ3n) is 3.82. The van der Waals surface area contributed by atoms with Crippen LogP contribution in [-0.2, 0) is 19.1 Å². The number of para-hydroxylation sites is 1. The molecule has 0 bridgehead atoms. The average molecular weight is 399 g/mol. The third kappa shape index (κ3) is 4.33. The number of methoxy groups -OCH3 is 1. The van der Waals surface area contributed by atoms with Gasteiger partial charge in [-0.1, -0.05) is 12.1 Å². The third-order valence-corrected chi connectivity index (χ3v) is 4.49. The van der Waals surface area contributed by atoms with Gasteiger partial charge in [0.25, 0.3) is 0 Å². The number of anilines is 1. The summed E-state index contributed by atoms with van der Waals surface area (Å²) in [4.78, 5) is 38.7. The molecule has 1 unspecified atom stereocenters. The Morgan fingerprint density at radius 1 is 1.42 bits per heavy atom. The molecule has 8 heteroatoms. The lowest BCUT2D eigenvalue weighted by atomic mass is 10.1. The number of carbonyl (C=O) groups excluding carboxylic acids is 2. The maximum atomic E-state index is 12.6. The normalized spacial score (nSPS) is 17.2. The van der Waals surface area contributed by atoms with Crippen LogP contribution < -0.4 is 4.90 Å². The Kier molecular flexibility index (Phi) is 6.33. The molecular formula is C16H19BrN2O5. The molecule has 24 heavy (non-hydrogen) atoms. The number of amides is 2. The topological polar surface area (TPSA) is 87.1 Å². The zero-order valence-electron chi connectivity index (χ0n) is 13.3. The van der Waals surface area contributed by atoms with Crippen molar-refractivity contribution in [3.8, 4) is 0 Å². The van der Waals surface area contributed by atoms with Crippen molar-refractivity contribution in [1.82, 2.24) is 4.90 Å². The fourth-order valence-corrected chi connectivity index (χ4v) is 3.17. The van der Waals surface area contributed by atoms with Gasteiger partial charge in [0.05, 0.1) is 18.2 Å². The molecule has 130 valence electrons. The van der Waals surface area contributed by atoms with Crippen LogP contribution in [0.1, 0.15) is 6.42 Å². The fraction of sp³-hybridized carbons (Fsp3) is 0.438. The lowest BCUT2D eigenvalue weighted by molar-refractivity contribution is -0.146. The van der Waals surface area contributed by atoms with Crippen LogP contribution in [0, 0.1) is 5.92 Å². The van der Waals surface area contributed by atoms with Gasteiger partial charge in [-0.25, -0.2) is 0 Å². The molecular weight excluding hydrogens is 380 g/mol. The SMILES string of the molecule is COCCN(CC(=O)O)C(=O)C1CC(=O)N(c2ccccc2Br)C1. The van der Waals surface area contributed by atoms with E-state index in [1.54, 1.807) is 11.0 Å². The number of halogens is 1. The molecule has 0 spiro atoms. The minimum absolute atomic E-state index is 0.0727. The lowest BCUT2D eigenvalue weighted by Gasteiger charge is -2.24. The van der Waals surface area contributed by atoms with E-state index in [4.69, 9.17) is 9.84 Å². The zero-order chi connectivity index (χ0) is 17.7. The van der Waals surface area contributed by atoms with Crippen LogP contribution in [0.15, 0.2) is 28.7 Å². The molecule has 1 fully saturated rings. The summed E-state index contributed by atoms with van der Waals surface area (Å²) >= 11 is 3.40. The number of benzene rings is 1. The van der Waals surface area contributed by atoms with Gasteiger partial charge in [0, 0.05) is 31.1 Å². The van der Waals surface area contributed by atoms with Crippen molar-refractivity contribution < 1.29 is 24.2 Å². The lowest BCUT2D eigenvalue weighted by Crippen LogP contribution is -2.42. The molecule has 2 amide bonds. The van der Waals surface area contributed by atoms with Crippen molar-refractivity contribution in [2.75, 3.05) is 38.3 Å². The summed E-state index contributed by atoms with van der Waals surface area (Å²) in [5.41, 5.74) is 0.708. The summed E-state index contributed by atoms with van der Waals surface area (Å²) in [6.07, 6.45) is 0.0727. The minimum Gasteiger partial charge on any atom is -0.480 e. The first-order valence-corrected chi connectivity index (χ1v) is 8.27. The van der Waals surface area contributed by atoms with Crippen molar-refractivity contribution in [2.24, 2.45) is 5.92 Å². The van der Waals surface area contributed by atoms with E-state index in [2.05, 4.69) is 15.9 Å². The van der Waals surface area contributed by atoms with Crippen molar-refractivity contribution in [2.45, 2.75) is 6.42 Å². The molecule has 1 aliphatic rings. The standard InChI is InChI=1S/C16H19BrN2O5/c1-24-7-6-18(10-15(21)22)16(23)11-8-14(20)19(9-11)13-5-3-2-4-12(13)17/h2-5,11H,6-10H2,1H3,(H,21,22). The molecule has 0 aromatic heterocycles. The number of hydrogen-bond acceptors (Lipinski definition) is 4. The summed E-state index contributed by atoms with van der Waals surface area (Å²) in [5.74, 6) is -2.13. The number of carboxylic acid groups (broad SMARTS) is 1. The number of rotatable bonds is 7. The van der Waals surface area contributed by atoms with E-state index < -0.39 is 18.4 Å². The van der Waals surface area contributed by atoms with E-state index in [0.717, 1.165) is 4.47 Å². The Labute approximate surface area is 148 Å². The van der Waals surface area contributed by atoms with E-state index in [1.165, 1.54) is 12.0 Å². The Balaban J connectivity index is 2.11. The highest BCUT2D eigenvalue weighted by Crippen LogP contribution is 2.31. The first kappa shape index (κ1) is 18.4. The van der Waals surface area contributed by atoms with E-state index >= 15 is 0 Å². The highest BCUT2D eigenvalue weighted by Gasteiger charge is 2.38. The highest BCUT2D eigenvalue weighted by atomic mass is 79.9. The van der Waals surface area contributed by atoms with Crippen LogP contribution in [0.25, 0.3) is 0 Å². The van der Waals surface area contributed by atoms with Gasteiger partial charge < -0.3 is 19.6 Å². The van der Waals surface area contributed by atoms with Crippen LogP contribution in [0.3, 0.4) is 0 Å². The number of nitrogens with zero attached hydrogens (tertiary/aromatic N) is 2. The zero-order valence-corrected chi connectivity index (χ0v) is 14.9. The van der Waals surface area contributed by atoms with E-state index in [9.17, 15) is 14.4 Å². The quantitative estimate of drug-likeness (QED) is 0.748. The molecule has 0 aliphatic carbocycles. The highest BCUT2D eigenvalue weighted by molar-refractivity contribution is 9.10. The molecule has 1 N–H and O–H groups in total. The molecule has 1 aromatic carbocycles. The monoisotopic (exact) mass is 398 g/mol. The van der Waals surface area contributed by atoms with Crippen LogP contribution >= 0.6 is 15.9 Å². The number of hydrogen-bond donors (Lipinski definition) is 1. The predicted octanol–water partition coefficient (Wildman–Crippen LogP) is 1.36. The maximum absolute atomic E-state index is 12.6. The van der Waals surface area contributed by atoms with Crippen LogP contribution in [-0.4, -0.2) is 61.1 Å². The molecule has 1 saturated heterocycles. The smallest absolute Gasteiger partial charge is 0.323 e. The number of carbonyl (C=O) groups is 3. The van der Waals surface area contributed by atoms with E-state index in [1.807, 2.05) is 18.2 Å². The second kappa shape index (κ2) is 8.25. The van der Waals surface area contributed by atoms with Gasteiger partial charge in [-0.2, -0.15) is 0 Å². The Morgan fingerprint density at radius 2 is 2.12 bits per heavy atom. The number of ether oxygens (including phenoxy) is 1. The average Bonchev–Trinajstić information content (AvgIpc) is 2.92. The maximum Gasteiger partial charge on any atom is 0.323 e. The van der Waals surface area contributed by atoms with Gasteiger partial charge in [0.1, 0.15) is 6.54 Å². The molecule has 1 aliphatic heterocycles. The first-order chi connectivity index (χ1) is 11.4. The Bertz CT molecular complexity index is 637. The summed E-state index contributed by atoms with van der Waals surface area (Å²) in [7, 11) is 1.48. The Morgan fingerprint density at radius 3 is 2.75 bits per heavy atom. The molecule has 1 heterocycles. The van der Waals surface area contributed by atoms with Crippen molar-refractivity contribution in [3.05, 3.63) is 28.7 Å². The molecule has 0 radical (unpaired) electrons. The van der Waals surface area contributed by atoms with Gasteiger partial charge >= 0.3 is 5.97 Å². The van der Waals surface area contributed by atoms with Crippen LogP contribution in [0.4, 0.5) is 5.69 Å². The summed E-state index contributed by atoms with van der Waals surface area (Å²) in [5, 5.41) is 8.98. The minimum atomic E-state index is -1.09. The van der Waals surface area contributed by atoms with Gasteiger partial charge in [-0.05, 0) is 28.1 Å². The van der Waals surface area contributed by atoms with Crippen molar-refractivity contribution in [3.63, 3.8) is 0 Å². The van der Waals surface area contributed by atoms with E-state index in [0.29, 0.717) is 5.69 Å². The van der Waals surface area contributed by atoms with Crippen molar-refractivity contribution >= 4 is 39.4 Å². The first-order valence-electron chi connectivity index (χ1n) is 7.48. The fourth-order valence-electron chi connectivity index (χ4n) is 2.67. The van der Waals surface area contributed by atoms with Crippen LogP contribution in [0.5, 0.6) is 0 Å². The predicted molar refractivity (Wildman–Crippen MR) is 90.7 cm³/mol.